The number of ether oxygens (including phenoxy) is 1. The summed E-state index contributed by atoms with van der Waals surface area (Å²) >= 11 is 0. The van der Waals surface area contributed by atoms with E-state index in [1.165, 1.54) is 6.20 Å². The van der Waals surface area contributed by atoms with Gasteiger partial charge >= 0.3 is 0 Å². The van der Waals surface area contributed by atoms with Gasteiger partial charge in [-0.15, -0.1) is 0 Å². The molecule has 1 aromatic rings. The van der Waals surface area contributed by atoms with Gasteiger partial charge in [0.2, 0.25) is 0 Å². The van der Waals surface area contributed by atoms with Gasteiger partial charge in [0, 0.05) is 7.11 Å². The highest BCUT2D eigenvalue weighted by Gasteiger charge is 2.07. The first-order valence-electron chi connectivity index (χ1n) is 5.09. The van der Waals surface area contributed by atoms with Gasteiger partial charge in [0.1, 0.15) is 11.6 Å². The van der Waals surface area contributed by atoms with Crippen molar-refractivity contribution in [2.45, 2.75) is 25.8 Å². The first-order chi connectivity index (χ1) is 7.26. The monoisotopic (exact) mass is 210 g/mol. The lowest BCUT2D eigenvalue weighted by Crippen LogP contribution is -2.25. The quantitative estimate of drug-likeness (QED) is 0.740. The Morgan fingerprint density at radius 3 is 2.80 bits per heavy atom. The summed E-state index contributed by atoms with van der Waals surface area (Å²) in [5.41, 5.74) is 5.45. The van der Waals surface area contributed by atoms with Gasteiger partial charge in [-0.25, -0.2) is 9.97 Å². The Bertz CT molecular complexity index is 269. The number of nitrogens with zero attached hydrogens (tertiary/aromatic N) is 2. The highest BCUT2D eigenvalue weighted by atomic mass is 16.5. The predicted molar refractivity (Wildman–Crippen MR) is 60.6 cm³/mol. The van der Waals surface area contributed by atoms with Crippen molar-refractivity contribution in [1.29, 1.82) is 0 Å². The van der Waals surface area contributed by atoms with Gasteiger partial charge in [0.05, 0.1) is 25.0 Å². The van der Waals surface area contributed by atoms with Crippen LogP contribution >= 0.6 is 0 Å². The van der Waals surface area contributed by atoms with Gasteiger partial charge in [-0.3, -0.25) is 0 Å². The number of nitrogens with one attached hydrogen (secondary N) is 1. The Morgan fingerprint density at radius 1 is 1.47 bits per heavy atom. The summed E-state index contributed by atoms with van der Waals surface area (Å²) in [7, 11) is 1.69. The highest BCUT2D eigenvalue weighted by Crippen LogP contribution is 2.07. The molecule has 1 atom stereocenters. The lowest BCUT2D eigenvalue weighted by Gasteiger charge is -2.17. The fraction of sp³-hybridized carbons (Fsp3) is 0.600. The third-order valence-electron chi connectivity index (χ3n) is 2.03. The van der Waals surface area contributed by atoms with E-state index in [2.05, 4.69) is 22.2 Å². The lowest BCUT2D eigenvalue weighted by atomic mass is 10.2. The zero-order valence-corrected chi connectivity index (χ0v) is 9.23. The molecule has 1 aromatic heterocycles. The summed E-state index contributed by atoms with van der Waals surface area (Å²) in [6.07, 6.45) is 5.31. The maximum absolute atomic E-state index is 5.45. The smallest absolute Gasteiger partial charge is 0.144 e. The molecule has 0 saturated heterocycles. The number of rotatable bonds is 6. The molecule has 0 bridgehead atoms. The molecule has 0 radical (unpaired) electrons. The minimum absolute atomic E-state index is 0.276. The van der Waals surface area contributed by atoms with Crippen LogP contribution in [0, 0.1) is 0 Å². The summed E-state index contributed by atoms with van der Waals surface area (Å²) in [6.45, 7) is 2.80. The van der Waals surface area contributed by atoms with E-state index < -0.39 is 0 Å². The van der Waals surface area contributed by atoms with Crippen molar-refractivity contribution in [2.75, 3.05) is 24.8 Å². The first kappa shape index (κ1) is 11.7. The minimum atomic E-state index is 0.276. The Labute approximate surface area is 90.1 Å². The average molecular weight is 210 g/mol. The number of nitrogens with two attached hydrogens (primary N) is 1. The molecule has 3 N–H and O–H groups in total. The van der Waals surface area contributed by atoms with E-state index in [9.17, 15) is 0 Å². The van der Waals surface area contributed by atoms with Gasteiger partial charge in [-0.05, 0) is 6.42 Å². The van der Waals surface area contributed by atoms with Gasteiger partial charge < -0.3 is 15.8 Å². The largest absolute Gasteiger partial charge is 0.383 e. The maximum Gasteiger partial charge on any atom is 0.144 e. The molecule has 0 amide bonds. The zero-order chi connectivity index (χ0) is 11.1. The van der Waals surface area contributed by atoms with E-state index in [0.29, 0.717) is 12.4 Å². The molecule has 1 unspecified atom stereocenters. The molecule has 15 heavy (non-hydrogen) atoms. The summed E-state index contributed by atoms with van der Waals surface area (Å²) in [5.74, 6) is 1.17. The minimum Gasteiger partial charge on any atom is -0.383 e. The number of methoxy groups -OCH3 is 1. The van der Waals surface area contributed by atoms with Crippen molar-refractivity contribution in [1.82, 2.24) is 9.97 Å². The normalized spacial score (nSPS) is 12.4. The van der Waals surface area contributed by atoms with Crippen LogP contribution in [0.1, 0.15) is 19.8 Å². The van der Waals surface area contributed by atoms with E-state index in [0.717, 1.165) is 18.7 Å². The summed E-state index contributed by atoms with van der Waals surface area (Å²) in [5, 5.41) is 3.25. The van der Waals surface area contributed by atoms with Crippen molar-refractivity contribution in [2.24, 2.45) is 0 Å². The van der Waals surface area contributed by atoms with Crippen LogP contribution in [0.5, 0.6) is 0 Å². The van der Waals surface area contributed by atoms with E-state index in [-0.39, 0.29) is 6.04 Å². The van der Waals surface area contributed by atoms with E-state index in [1.54, 1.807) is 13.3 Å². The van der Waals surface area contributed by atoms with E-state index in [4.69, 9.17) is 10.5 Å². The van der Waals surface area contributed by atoms with Crippen LogP contribution in [0.25, 0.3) is 0 Å². The lowest BCUT2D eigenvalue weighted by molar-refractivity contribution is 0.182. The maximum atomic E-state index is 5.45. The van der Waals surface area contributed by atoms with Crippen LogP contribution in [-0.4, -0.2) is 29.7 Å². The molecule has 1 heterocycles. The van der Waals surface area contributed by atoms with Gasteiger partial charge in [0.25, 0.3) is 0 Å². The second-order valence-corrected chi connectivity index (χ2v) is 3.41. The van der Waals surface area contributed by atoms with Gasteiger partial charge in [0.15, 0.2) is 0 Å². The third kappa shape index (κ3) is 4.12. The molecule has 0 aromatic carbocycles. The number of aromatic nitrogens is 2. The molecule has 84 valence electrons. The Hall–Kier alpha value is -1.36. The SMILES string of the molecule is CCCC(COC)Nc1cnc(N)cn1. The molecule has 0 aliphatic heterocycles. The third-order valence-corrected chi connectivity index (χ3v) is 2.03. The van der Waals surface area contributed by atoms with Crippen LogP contribution in [0.3, 0.4) is 0 Å². The van der Waals surface area contributed by atoms with Crippen LogP contribution in [0.15, 0.2) is 12.4 Å². The van der Waals surface area contributed by atoms with E-state index >= 15 is 0 Å². The fourth-order valence-corrected chi connectivity index (χ4v) is 1.37. The molecule has 5 heteroatoms. The van der Waals surface area contributed by atoms with Crippen LogP contribution < -0.4 is 11.1 Å². The number of anilines is 2. The average Bonchev–Trinajstić information content (AvgIpc) is 2.22. The van der Waals surface area contributed by atoms with Crippen LogP contribution in [0.4, 0.5) is 11.6 Å². The van der Waals surface area contributed by atoms with Crippen molar-refractivity contribution in [3.63, 3.8) is 0 Å². The molecule has 0 aliphatic rings. The molecule has 1 rings (SSSR count). The second kappa shape index (κ2) is 6.19. The molecule has 0 spiro atoms. The highest BCUT2D eigenvalue weighted by molar-refractivity contribution is 5.36. The number of hydrogen-bond donors (Lipinski definition) is 2. The van der Waals surface area contributed by atoms with Gasteiger partial charge in [-0.2, -0.15) is 0 Å². The molecule has 5 nitrogen and oxygen atoms in total. The summed E-state index contributed by atoms with van der Waals surface area (Å²) in [6, 6.07) is 0.276. The summed E-state index contributed by atoms with van der Waals surface area (Å²) in [4.78, 5) is 8.09. The standard InChI is InChI=1S/C10H18N4O/c1-3-4-8(7-15-2)14-10-6-12-9(11)5-13-10/h5-6,8H,3-4,7H2,1-2H3,(H2,11,12)(H,13,14). The Morgan fingerprint density at radius 2 is 2.27 bits per heavy atom. The van der Waals surface area contributed by atoms with Crippen LogP contribution in [0.2, 0.25) is 0 Å². The first-order valence-corrected chi connectivity index (χ1v) is 5.09. The summed E-state index contributed by atoms with van der Waals surface area (Å²) < 4.78 is 5.12. The van der Waals surface area contributed by atoms with Crippen LogP contribution in [-0.2, 0) is 4.74 Å². The fourth-order valence-electron chi connectivity index (χ4n) is 1.37. The van der Waals surface area contributed by atoms with Crippen molar-refractivity contribution in [3.8, 4) is 0 Å². The Kier molecular flexibility index (Phi) is 4.83. The zero-order valence-electron chi connectivity index (χ0n) is 9.23. The molecular formula is C10H18N4O. The van der Waals surface area contributed by atoms with Crippen molar-refractivity contribution in [3.05, 3.63) is 12.4 Å². The Balaban J connectivity index is 2.53. The van der Waals surface area contributed by atoms with Crippen molar-refractivity contribution < 1.29 is 4.74 Å². The molecular weight excluding hydrogens is 192 g/mol. The predicted octanol–water partition coefficient (Wildman–Crippen LogP) is 1.29. The van der Waals surface area contributed by atoms with Crippen molar-refractivity contribution >= 4 is 11.6 Å². The number of hydrogen-bond acceptors (Lipinski definition) is 5. The molecule has 0 saturated carbocycles. The topological polar surface area (TPSA) is 73.1 Å². The molecule has 0 fully saturated rings. The second-order valence-electron chi connectivity index (χ2n) is 3.41. The van der Waals surface area contributed by atoms with E-state index in [1.807, 2.05) is 0 Å². The molecule has 0 aliphatic carbocycles. The number of nitrogen functional groups attached to an aromatic ring is 1. The van der Waals surface area contributed by atoms with Gasteiger partial charge in [-0.1, -0.05) is 13.3 Å².